The van der Waals surface area contributed by atoms with E-state index in [9.17, 15) is 9.59 Å². The number of carbonyl (C=O) groups is 2. The first kappa shape index (κ1) is 14.7. The summed E-state index contributed by atoms with van der Waals surface area (Å²) < 4.78 is 0. The Hall–Kier alpha value is -1.34. The molecule has 1 unspecified atom stereocenters. The molecule has 2 amide bonds. The number of likely N-dealkylation sites (tertiary alicyclic amines) is 1. The predicted molar refractivity (Wildman–Crippen MR) is 67.3 cm³/mol. The maximum atomic E-state index is 11.3. The third kappa shape index (κ3) is 5.83. The fraction of sp³-hybridized carbons (Fsp3) is 0.818. The lowest BCUT2D eigenvalue weighted by molar-refractivity contribution is -0.138. The molecule has 0 aromatic heterocycles. The molecule has 18 heavy (non-hydrogen) atoms. The number of nitrogens with one attached hydrogen (secondary N) is 2. The van der Waals surface area contributed by atoms with E-state index in [0.717, 1.165) is 19.6 Å². The van der Waals surface area contributed by atoms with Gasteiger partial charge in [0.05, 0.1) is 0 Å². The molecule has 7 heteroatoms. The molecule has 1 heterocycles. The molecule has 0 saturated carbocycles. The van der Waals surface area contributed by atoms with E-state index in [2.05, 4.69) is 15.5 Å². The molecule has 0 aromatic carbocycles. The number of carbonyl (C=O) groups excluding carboxylic acids is 1. The molecule has 0 spiro atoms. The Balaban J connectivity index is 1.98. The van der Waals surface area contributed by atoms with E-state index in [1.807, 2.05) is 0 Å². The second-order valence-electron chi connectivity index (χ2n) is 4.46. The van der Waals surface area contributed by atoms with Gasteiger partial charge in [-0.3, -0.25) is 4.79 Å². The molecule has 0 aromatic rings. The number of hydrogen-bond acceptors (Lipinski definition) is 4. The monoisotopic (exact) mass is 258 g/mol. The van der Waals surface area contributed by atoms with Crippen LogP contribution in [-0.4, -0.2) is 60.8 Å². The Morgan fingerprint density at radius 1 is 1.22 bits per heavy atom. The number of amides is 2. The van der Waals surface area contributed by atoms with Crippen LogP contribution in [0.4, 0.5) is 4.79 Å². The van der Waals surface area contributed by atoms with Crippen LogP contribution in [0.3, 0.4) is 0 Å². The Morgan fingerprint density at radius 3 is 2.44 bits per heavy atom. The minimum absolute atomic E-state index is 0.231. The van der Waals surface area contributed by atoms with Crippen molar-refractivity contribution in [1.29, 1.82) is 0 Å². The van der Waals surface area contributed by atoms with E-state index < -0.39 is 12.0 Å². The van der Waals surface area contributed by atoms with Gasteiger partial charge in [-0.25, -0.2) is 4.79 Å². The van der Waals surface area contributed by atoms with Crippen molar-refractivity contribution in [2.75, 3.05) is 32.7 Å². The Labute approximate surface area is 107 Å². The fourth-order valence-corrected chi connectivity index (χ4v) is 1.86. The van der Waals surface area contributed by atoms with E-state index in [-0.39, 0.29) is 19.0 Å². The van der Waals surface area contributed by atoms with Gasteiger partial charge in [0.15, 0.2) is 0 Å². The maximum absolute atomic E-state index is 11.3. The summed E-state index contributed by atoms with van der Waals surface area (Å²) in [6.07, 6.45) is 2.70. The third-order valence-corrected chi connectivity index (χ3v) is 2.97. The van der Waals surface area contributed by atoms with Crippen molar-refractivity contribution in [1.82, 2.24) is 15.5 Å². The van der Waals surface area contributed by atoms with Gasteiger partial charge in [-0.15, -0.1) is 0 Å². The summed E-state index contributed by atoms with van der Waals surface area (Å²) in [5.41, 5.74) is 5.31. The van der Waals surface area contributed by atoms with Crippen LogP contribution in [0.5, 0.6) is 0 Å². The van der Waals surface area contributed by atoms with Crippen LogP contribution in [0.25, 0.3) is 0 Å². The molecule has 104 valence electrons. The molecule has 1 atom stereocenters. The van der Waals surface area contributed by atoms with Crippen LogP contribution in [0.15, 0.2) is 0 Å². The smallest absolute Gasteiger partial charge is 0.320 e. The number of carboxylic acid groups (broad SMARTS) is 1. The zero-order valence-corrected chi connectivity index (χ0v) is 10.5. The van der Waals surface area contributed by atoms with Gasteiger partial charge in [0.25, 0.3) is 0 Å². The van der Waals surface area contributed by atoms with Gasteiger partial charge in [-0.1, -0.05) is 0 Å². The Kier molecular flexibility index (Phi) is 6.45. The highest BCUT2D eigenvalue weighted by Crippen LogP contribution is 2.05. The molecule has 1 saturated heterocycles. The Bertz CT molecular complexity index is 279. The van der Waals surface area contributed by atoms with Gasteiger partial charge in [0.1, 0.15) is 6.04 Å². The molecular formula is C11H22N4O3. The number of urea groups is 1. The first-order valence-corrected chi connectivity index (χ1v) is 6.32. The second kappa shape index (κ2) is 7.88. The summed E-state index contributed by atoms with van der Waals surface area (Å²) >= 11 is 0. The van der Waals surface area contributed by atoms with Gasteiger partial charge in [0.2, 0.25) is 0 Å². The molecule has 1 fully saturated rings. The second-order valence-corrected chi connectivity index (χ2v) is 4.46. The predicted octanol–water partition coefficient (Wildman–Crippen LogP) is -0.817. The lowest BCUT2D eigenvalue weighted by Crippen LogP contribution is -2.42. The largest absolute Gasteiger partial charge is 0.480 e. The summed E-state index contributed by atoms with van der Waals surface area (Å²) in [5, 5.41) is 13.9. The van der Waals surface area contributed by atoms with Gasteiger partial charge in [0, 0.05) is 19.6 Å². The number of carboxylic acids is 1. The topological polar surface area (TPSA) is 108 Å². The molecule has 7 nitrogen and oxygen atoms in total. The average molecular weight is 258 g/mol. The molecular weight excluding hydrogens is 236 g/mol. The van der Waals surface area contributed by atoms with E-state index in [4.69, 9.17) is 10.8 Å². The summed E-state index contributed by atoms with van der Waals surface area (Å²) in [6.45, 7) is 3.95. The minimum atomic E-state index is -1.05. The molecule has 0 aliphatic carbocycles. The number of hydrogen-bond donors (Lipinski definition) is 4. The number of nitrogens with zero attached hydrogens (tertiary/aromatic N) is 1. The number of nitrogens with two attached hydrogens (primary N) is 1. The summed E-state index contributed by atoms with van der Waals surface area (Å²) in [4.78, 5) is 24.1. The van der Waals surface area contributed by atoms with Crippen LogP contribution in [0.2, 0.25) is 0 Å². The van der Waals surface area contributed by atoms with Crippen molar-refractivity contribution in [3.63, 3.8) is 0 Å². The standard InChI is InChI=1S/C11H22N4O3/c12-9(10(16)17)3-4-13-11(18)14-5-8-15-6-1-2-7-15/h9H,1-8,12H2,(H,16,17)(H2,13,14,18). The SMILES string of the molecule is NC(CCNC(=O)NCCN1CCCC1)C(=O)O. The van der Waals surface area contributed by atoms with Gasteiger partial charge in [-0.05, 0) is 32.4 Å². The third-order valence-electron chi connectivity index (χ3n) is 2.97. The number of aliphatic carboxylic acids is 1. The van der Waals surface area contributed by atoms with Crippen molar-refractivity contribution in [2.45, 2.75) is 25.3 Å². The van der Waals surface area contributed by atoms with Crippen molar-refractivity contribution in [3.05, 3.63) is 0 Å². The van der Waals surface area contributed by atoms with E-state index in [1.165, 1.54) is 12.8 Å². The van der Waals surface area contributed by atoms with E-state index in [1.54, 1.807) is 0 Å². The fourth-order valence-electron chi connectivity index (χ4n) is 1.86. The van der Waals surface area contributed by atoms with Crippen LogP contribution in [0, 0.1) is 0 Å². The van der Waals surface area contributed by atoms with Gasteiger partial charge in [-0.2, -0.15) is 0 Å². The first-order valence-electron chi connectivity index (χ1n) is 6.32. The normalized spacial score (nSPS) is 17.4. The molecule has 1 aliphatic heterocycles. The number of rotatable bonds is 7. The van der Waals surface area contributed by atoms with Crippen LogP contribution >= 0.6 is 0 Å². The molecule has 5 N–H and O–H groups in total. The lowest BCUT2D eigenvalue weighted by atomic mass is 10.2. The first-order chi connectivity index (χ1) is 8.59. The highest BCUT2D eigenvalue weighted by Gasteiger charge is 2.12. The summed E-state index contributed by atoms with van der Waals surface area (Å²) in [5.74, 6) is -1.05. The minimum Gasteiger partial charge on any atom is -0.480 e. The maximum Gasteiger partial charge on any atom is 0.320 e. The van der Waals surface area contributed by atoms with E-state index in [0.29, 0.717) is 6.54 Å². The molecule has 0 radical (unpaired) electrons. The Morgan fingerprint density at radius 2 is 1.83 bits per heavy atom. The highest BCUT2D eigenvalue weighted by atomic mass is 16.4. The summed E-state index contributed by atoms with van der Waals surface area (Å²) in [7, 11) is 0. The molecule has 1 aliphatic rings. The van der Waals surface area contributed by atoms with Crippen molar-refractivity contribution in [3.8, 4) is 0 Å². The van der Waals surface area contributed by atoms with Gasteiger partial charge < -0.3 is 26.4 Å². The molecule has 0 bridgehead atoms. The van der Waals surface area contributed by atoms with E-state index >= 15 is 0 Å². The van der Waals surface area contributed by atoms with Crippen LogP contribution in [0.1, 0.15) is 19.3 Å². The zero-order chi connectivity index (χ0) is 13.4. The van der Waals surface area contributed by atoms with Crippen molar-refractivity contribution >= 4 is 12.0 Å². The zero-order valence-electron chi connectivity index (χ0n) is 10.5. The summed E-state index contributed by atoms with van der Waals surface area (Å²) in [6, 6.07) is -1.19. The van der Waals surface area contributed by atoms with Crippen LogP contribution in [-0.2, 0) is 4.79 Å². The van der Waals surface area contributed by atoms with Gasteiger partial charge >= 0.3 is 12.0 Å². The van der Waals surface area contributed by atoms with Crippen LogP contribution < -0.4 is 16.4 Å². The average Bonchev–Trinajstić information content (AvgIpc) is 2.81. The quantitative estimate of drug-likeness (QED) is 0.477. The lowest BCUT2D eigenvalue weighted by Gasteiger charge is -2.15. The highest BCUT2D eigenvalue weighted by molar-refractivity contribution is 5.74. The van der Waals surface area contributed by atoms with Crippen molar-refractivity contribution < 1.29 is 14.7 Å². The molecule has 1 rings (SSSR count). The van der Waals surface area contributed by atoms with Crippen molar-refractivity contribution in [2.24, 2.45) is 5.73 Å².